The molecule has 0 N–H and O–H groups in total. The molecule has 0 aromatic heterocycles. The summed E-state index contributed by atoms with van der Waals surface area (Å²) in [6.07, 6.45) is 9.10. The second kappa shape index (κ2) is 20.2. The summed E-state index contributed by atoms with van der Waals surface area (Å²) in [6.45, 7) is 21.8. The molecule has 0 amide bonds. The van der Waals surface area contributed by atoms with E-state index in [0.29, 0.717) is 11.3 Å². The van der Waals surface area contributed by atoms with Gasteiger partial charge in [-0.2, -0.15) is 5.26 Å². The molecule has 12 aromatic carbocycles. The molecule has 0 heterocycles. The van der Waals surface area contributed by atoms with Crippen LogP contribution in [0.2, 0.25) is 0 Å². The van der Waals surface area contributed by atoms with Crippen LogP contribution in [-0.2, 0) is 16.2 Å². The highest BCUT2D eigenvalue weighted by atomic mass is 15.1. The molecule has 0 unspecified atom stereocenters. The highest BCUT2D eigenvalue weighted by Crippen LogP contribution is 2.55. The summed E-state index contributed by atoms with van der Waals surface area (Å²) in [5, 5.41) is 14.4. The molecule has 3 aliphatic carbocycles. The lowest BCUT2D eigenvalue weighted by Crippen LogP contribution is -2.17. The Hall–Kier alpha value is -10.8. The SMILES string of the molecule is [C-]#[N+]c1ccc(N(c2ccc3c(c2)C(C)(C)c2cc(C=Cc4ccc5c(c4)C(C)(C)c4cc(C=Cc6ccc7c(c6)C(C)(C)c6cc(N(c8ccc(C#N)cc8)c8cccc9ccccc89)ccc6-7)ccc4-5)ccc2-3)c2cccc3ccccc23)cc1. The Morgan fingerprint density at radius 3 is 1.01 bits per heavy atom. The smallest absolute Gasteiger partial charge is 0.187 e. The number of fused-ring (bicyclic) bond motifs is 11. The molecule has 414 valence electrons. The highest BCUT2D eigenvalue weighted by molar-refractivity contribution is 6.01. The molecule has 0 saturated carbocycles. The molecule has 12 aromatic rings. The summed E-state index contributed by atoms with van der Waals surface area (Å²) in [5.74, 6) is 0. The maximum atomic E-state index is 9.66. The van der Waals surface area contributed by atoms with E-state index in [0.717, 1.165) is 34.1 Å². The van der Waals surface area contributed by atoms with Crippen LogP contribution in [0.4, 0.5) is 39.8 Å². The third-order valence-corrected chi connectivity index (χ3v) is 19.1. The van der Waals surface area contributed by atoms with Gasteiger partial charge in [-0.1, -0.05) is 236 Å². The summed E-state index contributed by atoms with van der Waals surface area (Å²) >= 11 is 0. The molecule has 15 rings (SSSR count). The molecule has 87 heavy (non-hydrogen) atoms. The van der Waals surface area contributed by atoms with Gasteiger partial charge in [0.25, 0.3) is 0 Å². The van der Waals surface area contributed by atoms with Crippen LogP contribution in [-0.4, -0.2) is 0 Å². The first kappa shape index (κ1) is 53.0. The Kier molecular flexibility index (Phi) is 12.3. The fraction of sp³-hybridized carbons (Fsp3) is 0.108. The van der Waals surface area contributed by atoms with Crippen molar-refractivity contribution in [2.75, 3.05) is 9.80 Å². The number of benzene rings is 12. The van der Waals surface area contributed by atoms with E-state index in [9.17, 15) is 5.26 Å². The zero-order valence-electron chi connectivity index (χ0n) is 49.7. The van der Waals surface area contributed by atoms with Crippen LogP contribution >= 0.6 is 0 Å². The van der Waals surface area contributed by atoms with Gasteiger partial charge in [0.1, 0.15) is 0 Å². The van der Waals surface area contributed by atoms with Crippen molar-refractivity contribution >= 4 is 85.7 Å². The van der Waals surface area contributed by atoms with E-state index in [1.807, 2.05) is 24.3 Å². The summed E-state index contributed by atoms with van der Waals surface area (Å²) in [4.78, 5) is 8.36. The Labute approximate surface area is 510 Å². The molecule has 0 saturated heterocycles. The molecule has 3 aliphatic rings. The zero-order chi connectivity index (χ0) is 59.3. The Bertz CT molecular complexity index is 4650. The molecular formula is C83H62N4. The van der Waals surface area contributed by atoms with Crippen molar-refractivity contribution in [2.45, 2.75) is 57.8 Å². The predicted molar refractivity (Wildman–Crippen MR) is 365 cm³/mol. The van der Waals surface area contributed by atoms with E-state index < -0.39 is 0 Å². The second-order valence-corrected chi connectivity index (χ2v) is 25.2. The average molecular weight is 1120 g/mol. The third-order valence-electron chi connectivity index (χ3n) is 19.1. The van der Waals surface area contributed by atoms with Crippen molar-refractivity contribution in [3.63, 3.8) is 0 Å². The van der Waals surface area contributed by atoms with Gasteiger partial charge in [-0.15, -0.1) is 0 Å². The molecule has 0 atom stereocenters. The summed E-state index contributed by atoms with van der Waals surface area (Å²) in [7, 11) is 0. The standard InChI is InChI=1S/C83H62N4/c1-81(2)73-46-53(22-24-55-30-42-69-71-44-38-63(50-77(71)82(3,4)75(69)48-55)86(61-34-26-57(52-84)27-35-61)79-20-12-16-58-14-8-10-18-65(58)79)28-40-67(73)68-41-29-54(47-74(68)81)23-25-56-31-43-70-72-45-39-64(51-78(72)83(5,6)76(70)49-56)87(62-36-32-60(85-7)33-37-62)80-21-13-17-59-15-9-11-19-66(59)80/h8-51H,1-6H3. The van der Waals surface area contributed by atoms with Crippen LogP contribution in [0, 0.1) is 17.9 Å². The van der Waals surface area contributed by atoms with Gasteiger partial charge < -0.3 is 9.80 Å². The van der Waals surface area contributed by atoms with Gasteiger partial charge in [0.15, 0.2) is 5.69 Å². The molecular weight excluding hydrogens is 1050 g/mol. The number of hydrogen-bond donors (Lipinski definition) is 0. The van der Waals surface area contributed by atoms with Gasteiger partial charge in [-0.25, -0.2) is 4.85 Å². The number of hydrogen-bond acceptors (Lipinski definition) is 3. The Morgan fingerprint density at radius 2 is 0.655 bits per heavy atom. The van der Waals surface area contributed by atoms with Crippen molar-refractivity contribution in [2.24, 2.45) is 0 Å². The van der Waals surface area contributed by atoms with Gasteiger partial charge in [-0.05, 0) is 173 Å². The lowest BCUT2D eigenvalue weighted by atomic mass is 9.81. The van der Waals surface area contributed by atoms with Crippen LogP contribution in [0.5, 0.6) is 0 Å². The zero-order valence-corrected chi connectivity index (χ0v) is 49.7. The minimum Gasteiger partial charge on any atom is -0.310 e. The molecule has 0 radical (unpaired) electrons. The number of nitriles is 1. The third kappa shape index (κ3) is 8.71. The second-order valence-electron chi connectivity index (χ2n) is 25.2. The first-order valence-corrected chi connectivity index (χ1v) is 30.0. The fourth-order valence-electron chi connectivity index (χ4n) is 14.4. The molecule has 0 spiro atoms. The lowest BCUT2D eigenvalue weighted by Gasteiger charge is -2.29. The van der Waals surface area contributed by atoms with E-state index >= 15 is 0 Å². The maximum Gasteiger partial charge on any atom is 0.187 e. The lowest BCUT2D eigenvalue weighted by molar-refractivity contribution is 0.660. The van der Waals surface area contributed by atoms with Gasteiger partial charge in [0, 0.05) is 49.8 Å². The fourth-order valence-corrected chi connectivity index (χ4v) is 14.4. The number of rotatable bonds is 10. The van der Waals surface area contributed by atoms with Crippen molar-refractivity contribution in [1.82, 2.24) is 0 Å². The maximum absolute atomic E-state index is 9.66. The highest BCUT2D eigenvalue weighted by Gasteiger charge is 2.39. The quantitative estimate of drug-likeness (QED) is 0.101. The van der Waals surface area contributed by atoms with E-state index in [4.69, 9.17) is 6.57 Å². The summed E-state index contributed by atoms with van der Waals surface area (Å²) < 4.78 is 0. The Morgan fingerprint density at radius 1 is 0.345 bits per heavy atom. The van der Waals surface area contributed by atoms with Crippen LogP contribution in [0.1, 0.15) is 103 Å². The van der Waals surface area contributed by atoms with Gasteiger partial charge in [0.2, 0.25) is 0 Å². The molecule has 0 aliphatic heterocycles. The average Bonchev–Trinajstić information content (AvgIpc) is 1.71. The first-order chi connectivity index (χ1) is 42.3. The van der Waals surface area contributed by atoms with Crippen molar-refractivity contribution in [3.8, 4) is 39.4 Å². The van der Waals surface area contributed by atoms with Gasteiger partial charge in [-0.3, -0.25) is 0 Å². The van der Waals surface area contributed by atoms with Crippen molar-refractivity contribution < 1.29 is 0 Å². The van der Waals surface area contributed by atoms with Gasteiger partial charge >= 0.3 is 0 Å². The van der Waals surface area contributed by atoms with Crippen LogP contribution < -0.4 is 9.80 Å². The minimum absolute atomic E-state index is 0.184. The summed E-state index contributed by atoms with van der Waals surface area (Å²) in [6, 6.07) is 90.0. The van der Waals surface area contributed by atoms with Gasteiger partial charge in [0.05, 0.1) is 29.6 Å². The van der Waals surface area contributed by atoms with E-state index in [-0.39, 0.29) is 16.2 Å². The van der Waals surface area contributed by atoms with Crippen molar-refractivity contribution in [3.05, 3.63) is 315 Å². The monoisotopic (exact) mass is 1110 g/mol. The first-order valence-electron chi connectivity index (χ1n) is 30.0. The number of anilines is 6. The minimum atomic E-state index is -0.243. The predicted octanol–water partition coefficient (Wildman–Crippen LogP) is 22.6. The van der Waals surface area contributed by atoms with E-state index in [2.05, 4.69) is 305 Å². The van der Waals surface area contributed by atoms with E-state index in [1.54, 1.807) is 0 Å². The Balaban J connectivity index is 0.672. The van der Waals surface area contributed by atoms with Crippen LogP contribution in [0.25, 0.3) is 84.1 Å². The molecule has 4 nitrogen and oxygen atoms in total. The van der Waals surface area contributed by atoms with Crippen LogP contribution in [0.3, 0.4) is 0 Å². The molecule has 4 heteroatoms. The number of nitrogens with zero attached hydrogens (tertiary/aromatic N) is 4. The molecule has 0 fully saturated rings. The summed E-state index contributed by atoms with van der Waals surface area (Å²) in [5.41, 5.74) is 27.4. The topological polar surface area (TPSA) is 34.6 Å². The van der Waals surface area contributed by atoms with E-state index in [1.165, 1.54) is 111 Å². The largest absolute Gasteiger partial charge is 0.310 e. The van der Waals surface area contributed by atoms with Crippen molar-refractivity contribution in [1.29, 1.82) is 5.26 Å². The van der Waals surface area contributed by atoms with Crippen LogP contribution in [0.15, 0.2) is 243 Å². The molecule has 0 bridgehead atoms. The normalized spacial score (nSPS) is 14.3.